The van der Waals surface area contributed by atoms with Gasteiger partial charge in [0.1, 0.15) is 9.79 Å². The lowest BCUT2D eigenvalue weighted by Crippen LogP contribution is -2.05. The van der Waals surface area contributed by atoms with Crippen molar-refractivity contribution < 1.29 is 25.9 Å². The summed E-state index contributed by atoms with van der Waals surface area (Å²) in [6.45, 7) is 0. The molecule has 5 N–H and O–H groups in total. The Morgan fingerprint density at radius 1 is 0.418 bits per heavy atom. The fourth-order valence-corrected chi connectivity index (χ4v) is 6.34. The van der Waals surface area contributed by atoms with Crippen molar-refractivity contribution in [2.24, 2.45) is 40.9 Å². The van der Waals surface area contributed by atoms with Gasteiger partial charge in [0.15, 0.2) is 0 Å². The van der Waals surface area contributed by atoms with E-state index in [2.05, 4.69) is 46.2 Å². The third-order valence-corrected chi connectivity index (χ3v) is 9.44. The highest BCUT2D eigenvalue weighted by Crippen LogP contribution is 2.37. The van der Waals surface area contributed by atoms with Crippen LogP contribution in [0.25, 0.3) is 11.1 Å². The molecule has 276 valence electrons. The molecule has 0 heterocycles. The molecule has 6 aromatic rings. The predicted molar refractivity (Wildman–Crippen MR) is 208 cm³/mol. The predicted octanol–water partition coefficient (Wildman–Crippen LogP) is 11.1. The summed E-state index contributed by atoms with van der Waals surface area (Å²) in [5.41, 5.74) is 10.0. The van der Waals surface area contributed by atoms with Crippen molar-refractivity contribution in [1.82, 2.24) is 0 Å². The molecule has 0 atom stereocenters. The average Bonchev–Trinajstić information content (AvgIpc) is 3.18. The molecule has 0 unspecified atom stereocenters. The Bertz CT molecular complexity index is 2670. The number of rotatable bonds is 12. The molecule has 0 amide bonds. The summed E-state index contributed by atoms with van der Waals surface area (Å²) >= 11 is 0. The van der Waals surface area contributed by atoms with Crippen molar-refractivity contribution in [1.29, 1.82) is 0 Å². The van der Waals surface area contributed by atoms with Gasteiger partial charge in [-0.25, -0.2) is 0 Å². The molecule has 0 saturated heterocycles. The second kappa shape index (κ2) is 16.4. The van der Waals surface area contributed by atoms with Gasteiger partial charge in [-0.2, -0.15) is 57.7 Å². The smallest absolute Gasteiger partial charge is 0.295 e. The molecule has 55 heavy (non-hydrogen) atoms. The van der Waals surface area contributed by atoms with Crippen LogP contribution in [-0.4, -0.2) is 33.0 Å². The fourth-order valence-electron chi connectivity index (χ4n) is 4.89. The van der Waals surface area contributed by atoms with Gasteiger partial charge < -0.3 is 11.1 Å². The molecule has 0 bridgehead atoms. The van der Waals surface area contributed by atoms with E-state index < -0.39 is 30.0 Å². The number of azo groups is 4. The zero-order valence-electron chi connectivity index (χ0n) is 28.7. The maximum Gasteiger partial charge on any atom is 0.295 e. The summed E-state index contributed by atoms with van der Waals surface area (Å²) in [4.78, 5) is -1.34. The monoisotopic (exact) mass is 774 g/mol. The van der Waals surface area contributed by atoms with Crippen molar-refractivity contribution >= 4 is 77.1 Å². The van der Waals surface area contributed by atoms with Crippen LogP contribution in [0, 0.1) is 0 Å². The van der Waals surface area contributed by atoms with Crippen LogP contribution >= 0.6 is 0 Å². The minimum Gasteiger partial charge on any atom is -0.399 e. The highest BCUT2D eigenvalue weighted by atomic mass is 32.2. The molecular formula is C37H30N10O6S2. The van der Waals surface area contributed by atoms with Crippen molar-refractivity contribution in [3.63, 3.8) is 0 Å². The summed E-state index contributed by atoms with van der Waals surface area (Å²) in [7, 11) is -8.05. The molecule has 0 aromatic heterocycles. The van der Waals surface area contributed by atoms with Crippen molar-refractivity contribution in [2.45, 2.75) is 9.79 Å². The van der Waals surface area contributed by atoms with Crippen LogP contribution in [0.2, 0.25) is 0 Å². The molecule has 0 aliphatic carbocycles. The Balaban J connectivity index is 1.20. The number of hydrogen-bond donors (Lipinski definition) is 4. The zero-order chi connectivity index (χ0) is 39.0. The first-order chi connectivity index (χ1) is 26.3. The average molecular weight is 775 g/mol. The molecule has 0 spiro atoms. The van der Waals surface area contributed by atoms with Gasteiger partial charge in [0.25, 0.3) is 20.2 Å². The Kier molecular flexibility index (Phi) is 11.3. The summed E-state index contributed by atoms with van der Waals surface area (Å²) < 4.78 is 70.3. The van der Waals surface area contributed by atoms with E-state index in [4.69, 9.17) is 5.73 Å². The second-order valence-electron chi connectivity index (χ2n) is 11.5. The summed E-state index contributed by atoms with van der Waals surface area (Å²) in [6.07, 6.45) is 0. The number of nitrogens with zero attached hydrogens (tertiary/aromatic N) is 8. The molecule has 0 aliphatic heterocycles. The standard InChI is InChI=1S/C37H30N10O6S2/c1-39-25-6-8-27(9-7-25)41-43-29-12-16-31(17-13-29)45-47-33-19-21-35(37(23-33)55(51,52)53)34-20-18-32(22-36(34)54(48,49)50)46-44-30-14-10-28(11-15-30)42-40-26-4-2-24(38)3-5-26/h2-23,39H,38H2,1H3,(H,48,49,50)(H,51,52,53). The van der Waals surface area contributed by atoms with Crippen LogP contribution in [0.1, 0.15) is 0 Å². The summed E-state index contributed by atoms with van der Waals surface area (Å²) in [6, 6.07) is 34.6. The van der Waals surface area contributed by atoms with Crippen LogP contribution in [0.4, 0.5) is 56.9 Å². The van der Waals surface area contributed by atoms with Gasteiger partial charge >= 0.3 is 0 Å². The Morgan fingerprint density at radius 2 is 0.673 bits per heavy atom. The van der Waals surface area contributed by atoms with Crippen molar-refractivity contribution in [3.05, 3.63) is 133 Å². The molecule has 0 fully saturated rings. The highest BCUT2D eigenvalue weighted by Gasteiger charge is 2.24. The minimum absolute atomic E-state index is 0.0259. The van der Waals surface area contributed by atoms with Crippen LogP contribution in [0.15, 0.2) is 184 Å². The molecule has 6 rings (SSSR count). The van der Waals surface area contributed by atoms with E-state index in [0.717, 1.165) is 17.8 Å². The normalized spacial score (nSPS) is 12.3. The molecule has 6 aromatic carbocycles. The number of benzene rings is 6. The van der Waals surface area contributed by atoms with Gasteiger partial charge in [0.2, 0.25) is 0 Å². The third-order valence-electron chi connectivity index (χ3n) is 7.65. The maximum atomic E-state index is 12.5. The molecule has 16 nitrogen and oxygen atoms in total. The first-order valence-electron chi connectivity index (χ1n) is 16.1. The number of nitrogens with two attached hydrogens (primary N) is 1. The van der Waals surface area contributed by atoms with Crippen LogP contribution in [0.3, 0.4) is 0 Å². The van der Waals surface area contributed by atoms with Crippen LogP contribution < -0.4 is 11.1 Å². The Morgan fingerprint density at radius 3 is 0.964 bits per heavy atom. The highest BCUT2D eigenvalue weighted by molar-refractivity contribution is 7.86. The van der Waals surface area contributed by atoms with Crippen LogP contribution in [-0.2, 0) is 20.2 Å². The van der Waals surface area contributed by atoms with Gasteiger partial charge in [-0.05, 0) is 121 Å². The second-order valence-corrected chi connectivity index (χ2v) is 14.3. The van der Waals surface area contributed by atoms with Crippen molar-refractivity contribution in [2.75, 3.05) is 18.1 Å². The number of hydrogen-bond acceptors (Lipinski definition) is 14. The quantitative estimate of drug-likeness (QED) is 0.0527. The van der Waals surface area contributed by atoms with E-state index in [1.54, 1.807) is 72.8 Å². The Labute approximate surface area is 315 Å². The minimum atomic E-state index is -4.94. The molecule has 18 heteroatoms. The number of anilines is 2. The van der Waals surface area contributed by atoms with Gasteiger partial charge in [0.05, 0.1) is 45.5 Å². The first kappa shape index (κ1) is 37.9. The van der Waals surface area contributed by atoms with Gasteiger partial charge in [-0.1, -0.05) is 12.1 Å². The number of nitrogen functional groups attached to an aromatic ring is 1. The molecule has 0 aliphatic rings. The van der Waals surface area contributed by atoms with Crippen molar-refractivity contribution in [3.8, 4) is 11.1 Å². The van der Waals surface area contributed by atoms with E-state index in [1.807, 2.05) is 31.3 Å². The van der Waals surface area contributed by atoms with Gasteiger partial charge in [-0.3, -0.25) is 9.11 Å². The number of nitrogens with one attached hydrogen (secondary N) is 1. The lowest BCUT2D eigenvalue weighted by molar-refractivity contribution is 0.480. The van der Waals surface area contributed by atoms with E-state index in [0.29, 0.717) is 39.8 Å². The first-order valence-corrected chi connectivity index (χ1v) is 19.0. The molecular weight excluding hydrogens is 745 g/mol. The third kappa shape index (κ3) is 10.2. The fraction of sp³-hybridized carbons (Fsp3) is 0.0270. The van der Waals surface area contributed by atoms with Crippen LogP contribution in [0.5, 0.6) is 0 Å². The van der Waals surface area contributed by atoms with Gasteiger partial charge in [0, 0.05) is 29.5 Å². The van der Waals surface area contributed by atoms with E-state index in [1.165, 1.54) is 24.3 Å². The maximum absolute atomic E-state index is 12.5. The van der Waals surface area contributed by atoms with E-state index >= 15 is 0 Å². The van der Waals surface area contributed by atoms with Gasteiger partial charge in [-0.15, -0.1) is 0 Å². The molecule has 0 saturated carbocycles. The lowest BCUT2D eigenvalue weighted by atomic mass is 10.0. The topological polar surface area (TPSA) is 246 Å². The molecule has 0 radical (unpaired) electrons. The Hall–Kier alpha value is -6.86. The zero-order valence-corrected chi connectivity index (χ0v) is 30.3. The lowest BCUT2D eigenvalue weighted by Gasteiger charge is -2.12. The van der Waals surface area contributed by atoms with E-state index in [-0.39, 0.29) is 22.5 Å². The summed E-state index contributed by atoms with van der Waals surface area (Å²) in [5.74, 6) is 0. The SMILES string of the molecule is CNc1ccc(N=Nc2ccc(N=Nc3ccc(-c4ccc(N=Nc5ccc(N=Nc6ccc(N)cc6)cc5)cc4S(=O)(=O)O)c(S(=O)(=O)O)c3)cc2)cc1. The summed E-state index contributed by atoms with van der Waals surface area (Å²) in [5, 5.41) is 36.1. The largest absolute Gasteiger partial charge is 0.399 e. The van der Waals surface area contributed by atoms with E-state index in [9.17, 15) is 25.9 Å².